The smallest absolute Gasteiger partial charge is 0.0642 e. The highest BCUT2D eigenvalue weighted by Gasteiger charge is 1.93. The number of nitrogens with zero attached hydrogens (tertiary/aromatic N) is 1. The van der Waals surface area contributed by atoms with Crippen LogP contribution in [-0.2, 0) is 0 Å². The summed E-state index contributed by atoms with van der Waals surface area (Å²) in [4.78, 5) is 7.19. The fraction of sp³-hybridized carbons (Fsp3) is 0.300. The largest absolute Gasteiger partial charge is 0.357 e. The van der Waals surface area contributed by atoms with Gasteiger partial charge in [0.15, 0.2) is 0 Å². The zero-order valence-electron chi connectivity index (χ0n) is 7.76. The number of hydrogen-bond acceptors (Lipinski definition) is 1. The number of nitrogens with one attached hydrogen (secondary N) is 1. The summed E-state index contributed by atoms with van der Waals surface area (Å²) in [5.74, 6) is 0. The lowest BCUT2D eigenvalue weighted by molar-refractivity contribution is 1.28. The van der Waals surface area contributed by atoms with E-state index in [9.17, 15) is 0 Å². The van der Waals surface area contributed by atoms with Crippen molar-refractivity contribution in [1.29, 1.82) is 0 Å². The van der Waals surface area contributed by atoms with Gasteiger partial charge in [0, 0.05) is 17.3 Å². The number of pyridine rings is 1. The third kappa shape index (κ3) is 1.64. The quantitative estimate of drug-likeness (QED) is 0.634. The topological polar surface area (TPSA) is 28.7 Å². The third-order valence-corrected chi connectivity index (χ3v) is 1.56. The Morgan fingerprint density at radius 1 is 1.33 bits per heavy atom. The molecule has 2 aromatic rings. The van der Waals surface area contributed by atoms with Crippen molar-refractivity contribution in [3.63, 3.8) is 0 Å². The number of H-pyrrole nitrogens is 1. The summed E-state index contributed by atoms with van der Waals surface area (Å²) in [6.45, 7) is 6.04. The van der Waals surface area contributed by atoms with E-state index in [1.54, 1.807) is 6.20 Å². The van der Waals surface area contributed by atoms with E-state index in [2.05, 4.69) is 16.0 Å². The van der Waals surface area contributed by atoms with Gasteiger partial charge in [-0.25, -0.2) is 0 Å². The van der Waals surface area contributed by atoms with E-state index >= 15 is 0 Å². The van der Waals surface area contributed by atoms with Gasteiger partial charge >= 0.3 is 0 Å². The molecule has 2 aromatic heterocycles. The first kappa shape index (κ1) is 8.78. The Morgan fingerprint density at radius 2 is 2.08 bits per heavy atom. The molecule has 0 radical (unpaired) electrons. The van der Waals surface area contributed by atoms with Gasteiger partial charge in [0.1, 0.15) is 0 Å². The van der Waals surface area contributed by atoms with E-state index in [1.807, 2.05) is 33.0 Å². The molecule has 64 valence electrons. The summed E-state index contributed by atoms with van der Waals surface area (Å²) < 4.78 is 0. The van der Waals surface area contributed by atoms with Gasteiger partial charge in [0.2, 0.25) is 0 Å². The Kier molecular flexibility index (Phi) is 2.86. The molecule has 2 heteroatoms. The highest BCUT2D eigenvalue weighted by molar-refractivity contribution is 5.78. The summed E-state index contributed by atoms with van der Waals surface area (Å²) in [6, 6.07) is 4.11. The normalized spacial score (nSPS) is 9.25. The Hall–Kier alpha value is -1.31. The van der Waals surface area contributed by atoms with Crippen molar-refractivity contribution in [2.24, 2.45) is 0 Å². The Balaban J connectivity index is 0.000000336. The first-order valence-electron chi connectivity index (χ1n) is 4.25. The van der Waals surface area contributed by atoms with Crippen LogP contribution in [0.25, 0.3) is 10.9 Å². The van der Waals surface area contributed by atoms with Crippen molar-refractivity contribution in [3.8, 4) is 0 Å². The number of hydrogen-bond donors (Lipinski definition) is 1. The summed E-state index contributed by atoms with van der Waals surface area (Å²) in [6.07, 6.45) is 3.64. The molecule has 0 amide bonds. The molecule has 0 aliphatic rings. The highest BCUT2D eigenvalue weighted by Crippen LogP contribution is 2.11. The van der Waals surface area contributed by atoms with Crippen LogP contribution < -0.4 is 0 Å². The lowest BCUT2D eigenvalue weighted by atomic mass is 10.3. The van der Waals surface area contributed by atoms with Crippen LogP contribution in [0.15, 0.2) is 24.5 Å². The lowest BCUT2D eigenvalue weighted by Gasteiger charge is -1.83. The first-order valence-corrected chi connectivity index (χ1v) is 4.25. The Bertz CT molecular complexity index is 316. The molecule has 1 N–H and O–H groups in total. The molecular weight excluding hydrogens is 148 g/mol. The molecule has 0 aromatic carbocycles. The van der Waals surface area contributed by atoms with Crippen LogP contribution in [0.3, 0.4) is 0 Å². The van der Waals surface area contributed by atoms with Gasteiger partial charge in [-0.2, -0.15) is 0 Å². The minimum atomic E-state index is 1.11. The van der Waals surface area contributed by atoms with Crippen LogP contribution in [-0.4, -0.2) is 9.97 Å². The molecule has 0 bridgehead atoms. The summed E-state index contributed by atoms with van der Waals surface area (Å²) >= 11 is 0. The molecule has 0 fully saturated rings. The van der Waals surface area contributed by atoms with Crippen molar-refractivity contribution >= 4 is 10.9 Å². The molecule has 2 rings (SSSR count). The minimum absolute atomic E-state index is 1.11. The first-order chi connectivity index (χ1) is 5.86. The maximum atomic E-state index is 3.99. The zero-order chi connectivity index (χ0) is 8.97. The molecule has 0 spiro atoms. The SMILES string of the molecule is CC.Cc1cc2ccncc2[nH]1. The molecule has 2 heterocycles. The van der Waals surface area contributed by atoms with E-state index in [0.717, 1.165) is 5.52 Å². The van der Waals surface area contributed by atoms with Crippen LogP contribution in [0.2, 0.25) is 0 Å². The fourth-order valence-corrected chi connectivity index (χ4v) is 1.12. The second-order valence-electron chi connectivity index (χ2n) is 2.42. The number of fused-ring (bicyclic) bond motifs is 1. The maximum Gasteiger partial charge on any atom is 0.0642 e. The number of aromatic nitrogens is 2. The Labute approximate surface area is 72.6 Å². The molecule has 0 aliphatic carbocycles. The molecule has 0 atom stereocenters. The van der Waals surface area contributed by atoms with Gasteiger partial charge in [0.25, 0.3) is 0 Å². The van der Waals surface area contributed by atoms with Crippen molar-refractivity contribution < 1.29 is 0 Å². The average Bonchev–Trinajstić information content (AvgIpc) is 2.48. The average molecular weight is 162 g/mol. The van der Waals surface area contributed by atoms with Crippen molar-refractivity contribution in [2.75, 3.05) is 0 Å². The highest BCUT2D eigenvalue weighted by atomic mass is 14.7. The zero-order valence-corrected chi connectivity index (χ0v) is 7.76. The van der Waals surface area contributed by atoms with Crippen LogP contribution in [0.4, 0.5) is 0 Å². The van der Waals surface area contributed by atoms with Gasteiger partial charge in [-0.05, 0) is 19.1 Å². The van der Waals surface area contributed by atoms with Gasteiger partial charge in [-0.3, -0.25) is 4.98 Å². The Morgan fingerprint density at radius 3 is 2.75 bits per heavy atom. The van der Waals surface area contributed by atoms with Crippen molar-refractivity contribution in [1.82, 2.24) is 9.97 Å². The van der Waals surface area contributed by atoms with Crippen LogP contribution in [0.1, 0.15) is 19.5 Å². The predicted octanol–water partition coefficient (Wildman–Crippen LogP) is 2.90. The van der Waals surface area contributed by atoms with Gasteiger partial charge in [0.05, 0.1) is 11.7 Å². The summed E-state index contributed by atoms with van der Waals surface area (Å²) in [5, 5.41) is 1.23. The second-order valence-corrected chi connectivity index (χ2v) is 2.42. The third-order valence-electron chi connectivity index (χ3n) is 1.56. The van der Waals surface area contributed by atoms with Crippen molar-refractivity contribution in [3.05, 3.63) is 30.2 Å². The number of aryl methyl sites for hydroxylation is 1. The summed E-state index contributed by atoms with van der Waals surface area (Å²) in [5.41, 5.74) is 2.29. The number of rotatable bonds is 0. The van der Waals surface area contributed by atoms with Crippen molar-refractivity contribution in [2.45, 2.75) is 20.8 Å². The van der Waals surface area contributed by atoms with E-state index < -0.39 is 0 Å². The minimum Gasteiger partial charge on any atom is -0.357 e. The number of aromatic amines is 1. The van der Waals surface area contributed by atoms with Crippen LogP contribution in [0.5, 0.6) is 0 Å². The van der Waals surface area contributed by atoms with E-state index in [1.165, 1.54) is 11.1 Å². The van der Waals surface area contributed by atoms with Gasteiger partial charge in [-0.1, -0.05) is 13.8 Å². The molecule has 12 heavy (non-hydrogen) atoms. The van der Waals surface area contributed by atoms with Crippen LogP contribution >= 0.6 is 0 Å². The fourth-order valence-electron chi connectivity index (χ4n) is 1.12. The molecule has 0 saturated heterocycles. The molecule has 0 unspecified atom stereocenters. The van der Waals surface area contributed by atoms with Gasteiger partial charge in [-0.15, -0.1) is 0 Å². The predicted molar refractivity (Wildman–Crippen MR) is 52.2 cm³/mol. The monoisotopic (exact) mass is 162 g/mol. The van der Waals surface area contributed by atoms with E-state index in [0.29, 0.717) is 0 Å². The molecular formula is C10H14N2. The van der Waals surface area contributed by atoms with Gasteiger partial charge < -0.3 is 4.98 Å². The molecule has 0 saturated carbocycles. The van der Waals surface area contributed by atoms with E-state index in [4.69, 9.17) is 0 Å². The molecule has 0 aliphatic heterocycles. The van der Waals surface area contributed by atoms with E-state index in [-0.39, 0.29) is 0 Å². The standard InChI is InChI=1S/C8H8N2.C2H6/c1-6-4-7-2-3-9-5-8(7)10-6;1-2/h2-5,10H,1H3;1-2H3. The summed E-state index contributed by atoms with van der Waals surface area (Å²) in [7, 11) is 0. The maximum absolute atomic E-state index is 3.99. The lowest BCUT2D eigenvalue weighted by Crippen LogP contribution is -1.69. The second kappa shape index (κ2) is 3.90. The van der Waals surface area contributed by atoms with Crippen LogP contribution in [0, 0.1) is 6.92 Å². The molecule has 2 nitrogen and oxygen atoms in total.